The number of rotatable bonds is 2. The first-order valence-corrected chi connectivity index (χ1v) is 8.47. The van der Waals surface area contributed by atoms with Crippen LogP contribution >= 0.6 is 8.58 Å². The number of aromatic amines is 1. The molecule has 0 unspecified atom stereocenters. The molecule has 0 amide bonds. The van der Waals surface area contributed by atoms with Crippen LogP contribution in [0.1, 0.15) is 0 Å². The molecule has 0 spiro atoms. The van der Waals surface area contributed by atoms with Crippen molar-refractivity contribution in [2.75, 3.05) is 0 Å². The van der Waals surface area contributed by atoms with Crippen molar-refractivity contribution < 1.29 is 0 Å². The summed E-state index contributed by atoms with van der Waals surface area (Å²) in [4.78, 5) is 3.78. The highest BCUT2D eigenvalue weighted by Crippen LogP contribution is 2.08. The van der Waals surface area contributed by atoms with Gasteiger partial charge in [-0.2, -0.15) is 0 Å². The van der Waals surface area contributed by atoms with Crippen LogP contribution in [-0.4, -0.2) is 20.4 Å². The number of hydrogen-bond donors (Lipinski definition) is 1. The number of H-pyrrole nitrogens is 1. The van der Waals surface area contributed by atoms with Gasteiger partial charge in [-0.1, -0.05) is 80.5 Å². The Morgan fingerprint density at radius 1 is 0.625 bits per heavy atom. The van der Waals surface area contributed by atoms with Crippen molar-refractivity contribution in [1.82, 2.24) is 20.4 Å². The second kappa shape index (κ2) is 11.7. The second-order valence-electron chi connectivity index (χ2n) is 4.54. The summed E-state index contributed by atoms with van der Waals surface area (Å²) < 4.78 is 0. The fourth-order valence-corrected chi connectivity index (χ4v) is 2.74. The zero-order valence-electron chi connectivity index (χ0n) is 13.2. The van der Waals surface area contributed by atoms with Gasteiger partial charge in [0.25, 0.3) is 0 Å². The van der Waals surface area contributed by atoms with Gasteiger partial charge in [-0.15, -0.1) is 5.10 Å². The lowest BCUT2D eigenvalue weighted by Crippen LogP contribution is -2.01. The Labute approximate surface area is 143 Å². The molecule has 0 fully saturated rings. The highest BCUT2D eigenvalue weighted by molar-refractivity contribution is 7.55. The standard InChI is InChI=1S/C12H11P.C5H5N.C2H3N3/c1-3-7-11(8-4-1)13-12-9-5-2-6-10-12;1-2-4-6-5-3-1;1-2-4-5-3-1/h1-10,13H;1-5H;1-2H,(H,3,4,5). The summed E-state index contributed by atoms with van der Waals surface area (Å²) in [6, 6.07) is 26.9. The van der Waals surface area contributed by atoms with Gasteiger partial charge in [0.1, 0.15) is 0 Å². The van der Waals surface area contributed by atoms with E-state index in [1.165, 1.54) is 10.6 Å². The first-order valence-electron chi connectivity index (χ1n) is 7.47. The van der Waals surface area contributed by atoms with E-state index in [-0.39, 0.29) is 0 Å². The number of nitrogens with zero attached hydrogens (tertiary/aromatic N) is 3. The lowest BCUT2D eigenvalue weighted by atomic mass is 10.4. The third kappa shape index (κ3) is 7.97. The number of nitrogens with one attached hydrogen (secondary N) is 1. The molecule has 4 aromatic rings. The molecular weight excluding hydrogens is 315 g/mol. The van der Waals surface area contributed by atoms with Crippen LogP contribution in [-0.2, 0) is 0 Å². The molecular formula is C19H19N4P. The van der Waals surface area contributed by atoms with Gasteiger partial charge >= 0.3 is 0 Å². The predicted molar refractivity (Wildman–Crippen MR) is 101 cm³/mol. The smallest absolute Gasteiger partial charge is 0.0690 e. The van der Waals surface area contributed by atoms with Gasteiger partial charge in [-0.25, -0.2) is 0 Å². The van der Waals surface area contributed by atoms with E-state index in [1.807, 2.05) is 18.2 Å². The Morgan fingerprint density at radius 3 is 1.46 bits per heavy atom. The third-order valence-corrected chi connectivity index (χ3v) is 3.98. The summed E-state index contributed by atoms with van der Waals surface area (Å²) in [6.07, 6.45) is 6.74. The average Bonchev–Trinajstić information content (AvgIpc) is 3.26. The van der Waals surface area contributed by atoms with E-state index < -0.39 is 0 Å². The largest absolute Gasteiger partial charge is 0.266 e. The molecule has 0 aliphatic rings. The molecule has 24 heavy (non-hydrogen) atoms. The molecule has 2 heterocycles. The summed E-state index contributed by atoms with van der Waals surface area (Å²) in [6.45, 7) is 0. The molecule has 5 heteroatoms. The van der Waals surface area contributed by atoms with E-state index in [1.54, 1.807) is 24.8 Å². The van der Waals surface area contributed by atoms with Crippen LogP contribution in [0.3, 0.4) is 0 Å². The van der Waals surface area contributed by atoms with E-state index in [0.29, 0.717) is 0 Å². The monoisotopic (exact) mass is 334 g/mol. The van der Waals surface area contributed by atoms with E-state index >= 15 is 0 Å². The Kier molecular flexibility index (Phi) is 8.53. The SMILES string of the molecule is c1c[nH]nn1.c1ccc(Pc2ccccc2)cc1.c1ccncc1. The van der Waals surface area contributed by atoms with Crippen molar-refractivity contribution in [2.24, 2.45) is 0 Å². The summed E-state index contributed by atoms with van der Waals surface area (Å²) in [5, 5.41) is 12.1. The molecule has 120 valence electrons. The number of benzene rings is 2. The maximum Gasteiger partial charge on any atom is 0.0690 e. The molecule has 0 saturated heterocycles. The molecule has 0 radical (unpaired) electrons. The van der Waals surface area contributed by atoms with E-state index in [0.717, 1.165) is 8.58 Å². The summed E-state index contributed by atoms with van der Waals surface area (Å²) >= 11 is 0. The lowest BCUT2D eigenvalue weighted by Gasteiger charge is -2.00. The van der Waals surface area contributed by atoms with Crippen molar-refractivity contribution in [3.8, 4) is 0 Å². The van der Waals surface area contributed by atoms with Crippen LogP contribution in [0, 0.1) is 0 Å². The van der Waals surface area contributed by atoms with Gasteiger partial charge in [-0.05, 0) is 22.7 Å². The normalized spacial score (nSPS) is 9.00. The van der Waals surface area contributed by atoms with Crippen LogP contribution in [0.2, 0.25) is 0 Å². The predicted octanol–water partition coefficient (Wildman–Crippen LogP) is 3.20. The van der Waals surface area contributed by atoms with Crippen molar-refractivity contribution in [2.45, 2.75) is 0 Å². The minimum absolute atomic E-state index is 0.777. The molecule has 1 N–H and O–H groups in total. The molecule has 0 saturated carbocycles. The minimum Gasteiger partial charge on any atom is -0.266 e. The highest BCUT2D eigenvalue weighted by Gasteiger charge is 1.92. The Morgan fingerprint density at radius 2 is 1.17 bits per heavy atom. The average molecular weight is 334 g/mol. The minimum atomic E-state index is 0.777. The molecule has 0 aliphatic heterocycles. The third-order valence-electron chi connectivity index (χ3n) is 2.73. The fourth-order valence-electron chi connectivity index (χ4n) is 1.69. The molecule has 0 atom stereocenters. The highest BCUT2D eigenvalue weighted by atomic mass is 31.1. The number of hydrogen-bond acceptors (Lipinski definition) is 3. The van der Waals surface area contributed by atoms with Crippen LogP contribution in [0.4, 0.5) is 0 Å². The summed E-state index contributed by atoms with van der Waals surface area (Å²) in [5.74, 6) is 0. The Balaban J connectivity index is 0.000000156. The Bertz CT molecular complexity index is 651. The molecule has 2 aromatic carbocycles. The van der Waals surface area contributed by atoms with Crippen molar-refractivity contribution >= 4 is 19.2 Å². The van der Waals surface area contributed by atoms with E-state index in [4.69, 9.17) is 0 Å². The quantitative estimate of drug-likeness (QED) is 0.573. The maximum atomic E-state index is 3.78. The van der Waals surface area contributed by atoms with Gasteiger partial charge in [0.15, 0.2) is 0 Å². The van der Waals surface area contributed by atoms with Crippen molar-refractivity contribution in [1.29, 1.82) is 0 Å². The summed E-state index contributed by atoms with van der Waals surface area (Å²) in [7, 11) is 0.777. The summed E-state index contributed by atoms with van der Waals surface area (Å²) in [5.41, 5.74) is 0. The van der Waals surface area contributed by atoms with Crippen LogP contribution in [0.5, 0.6) is 0 Å². The first-order chi connectivity index (χ1) is 11.9. The topological polar surface area (TPSA) is 54.5 Å². The number of pyridine rings is 1. The van der Waals surface area contributed by atoms with E-state index in [2.05, 4.69) is 81.1 Å². The van der Waals surface area contributed by atoms with Gasteiger partial charge in [0.05, 0.1) is 6.20 Å². The molecule has 0 bridgehead atoms. The molecule has 4 nitrogen and oxygen atoms in total. The zero-order valence-corrected chi connectivity index (χ0v) is 14.2. The second-order valence-corrected chi connectivity index (χ2v) is 5.95. The van der Waals surface area contributed by atoms with E-state index in [9.17, 15) is 0 Å². The first kappa shape index (κ1) is 17.5. The van der Waals surface area contributed by atoms with Crippen molar-refractivity contribution in [3.05, 3.63) is 104 Å². The number of aromatic nitrogens is 4. The van der Waals surface area contributed by atoms with Gasteiger partial charge in [0.2, 0.25) is 0 Å². The van der Waals surface area contributed by atoms with Crippen LogP contribution in [0.25, 0.3) is 0 Å². The fraction of sp³-hybridized carbons (Fsp3) is 0. The molecule has 4 rings (SSSR count). The van der Waals surface area contributed by atoms with Crippen LogP contribution < -0.4 is 10.6 Å². The van der Waals surface area contributed by atoms with Crippen LogP contribution in [0.15, 0.2) is 104 Å². The van der Waals surface area contributed by atoms with Gasteiger partial charge in [-0.3, -0.25) is 10.1 Å². The Hall–Kier alpha value is -2.84. The lowest BCUT2D eigenvalue weighted by molar-refractivity contribution is 0.940. The van der Waals surface area contributed by atoms with Gasteiger partial charge in [0, 0.05) is 18.6 Å². The molecule has 2 aromatic heterocycles. The van der Waals surface area contributed by atoms with Crippen molar-refractivity contribution in [3.63, 3.8) is 0 Å². The zero-order chi connectivity index (χ0) is 16.7. The van der Waals surface area contributed by atoms with Gasteiger partial charge < -0.3 is 0 Å². The molecule has 0 aliphatic carbocycles. The maximum absolute atomic E-state index is 3.78.